The molecule has 0 heterocycles. The number of rotatable bonds is 0. The molecule has 13 heavy (non-hydrogen) atoms. The van der Waals surface area contributed by atoms with Crippen LogP contribution in [-0.4, -0.2) is 6.79 Å². The van der Waals surface area contributed by atoms with E-state index in [1.165, 1.54) is 11.1 Å². The maximum atomic E-state index is 8.00. The van der Waals surface area contributed by atoms with Crippen LogP contribution in [0.15, 0.2) is 18.2 Å². The van der Waals surface area contributed by atoms with Crippen molar-refractivity contribution in [2.75, 3.05) is 0 Å². The first-order valence-corrected chi connectivity index (χ1v) is 4.59. The van der Waals surface area contributed by atoms with E-state index in [4.69, 9.17) is 16.4 Å². The zero-order chi connectivity index (χ0) is 10.9. The fraction of sp³-hybridized carbons (Fsp3) is 0.364. The topological polar surface area (TPSA) is 17.1 Å². The van der Waals surface area contributed by atoms with E-state index in [1.807, 2.05) is 38.8 Å². The predicted molar refractivity (Wildman–Crippen MR) is 59.4 cm³/mol. The van der Waals surface area contributed by atoms with Crippen molar-refractivity contribution in [2.24, 2.45) is 0 Å². The molecular weight excluding hydrogens is 184 g/mol. The van der Waals surface area contributed by atoms with Crippen LogP contribution in [0.4, 0.5) is 0 Å². The summed E-state index contributed by atoms with van der Waals surface area (Å²) in [5.74, 6) is 0. The summed E-state index contributed by atoms with van der Waals surface area (Å²) in [5, 5.41) is 0.818. The van der Waals surface area contributed by atoms with Crippen molar-refractivity contribution in [3.05, 3.63) is 34.3 Å². The largest absolute Gasteiger partial charge is 0.307 e. The van der Waals surface area contributed by atoms with Gasteiger partial charge in [-0.3, -0.25) is 0 Å². The Morgan fingerprint density at radius 2 is 1.54 bits per heavy atom. The highest BCUT2D eigenvalue weighted by Crippen LogP contribution is 2.13. The molecule has 0 atom stereocenters. The van der Waals surface area contributed by atoms with Crippen molar-refractivity contribution in [1.29, 1.82) is 0 Å². The Labute approximate surface area is 85.7 Å². The van der Waals surface area contributed by atoms with Gasteiger partial charge in [-0.1, -0.05) is 31.5 Å². The quantitative estimate of drug-likeness (QED) is 0.623. The summed E-state index contributed by atoms with van der Waals surface area (Å²) in [4.78, 5) is 8.00. The molecule has 0 amide bonds. The van der Waals surface area contributed by atoms with E-state index >= 15 is 0 Å². The van der Waals surface area contributed by atoms with Gasteiger partial charge < -0.3 is 4.79 Å². The van der Waals surface area contributed by atoms with Gasteiger partial charge in [0.2, 0.25) is 0 Å². The lowest BCUT2D eigenvalue weighted by Crippen LogP contribution is -1.77. The van der Waals surface area contributed by atoms with Crippen molar-refractivity contribution >= 4 is 18.4 Å². The second kappa shape index (κ2) is 9.27. The average Bonchev–Trinajstić information content (AvgIpc) is 2.18. The Bertz CT molecular complexity index is 234. The van der Waals surface area contributed by atoms with Gasteiger partial charge in [0.15, 0.2) is 0 Å². The van der Waals surface area contributed by atoms with Gasteiger partial charge >= 0.3 is 0 Å². The molecule has 0 radical (unpaired) electrons. The molecule has 0 spiro atoms. The molecule has 0 aliphatic heterocycles. The Balaban J connectivity index is 0. The van der Waals surface area contributed by atoms with E-state index in [9.17, 15) is 0 Å². The van der Waals surface area contributed by atoms with Crippen LogP contribution in [0.2, 0.25) is 5.02 Å². The first kappa shape index (κ1) is 14.7. The third-order valence-corrected chi connectivity index (χ3v) is 1.70. The maximum absolute atomic E-state index is 8.00. The fourth-order valence-corrected chi connectivity index (χ4v) is 0.931. The lowest BCUT2D eigenvalue weighted by atomic mass is 10.1. The molecule has 1 aromatic carbocycles. The summed E-state index contributed by atoms with van der Waals surface area (Å²) in [6.45, 7) is 10.1. The minimum Gasteiger partial charge on any atom is -0.307 e. The van der Waals surface area contributed by atoms with E-state index < -0.39 is 0 Å². The first-order chi connectivity index (χ1) is 6.20. The number of carbonyl (C=O) groups excluding carboxylic acids is 1. The lowest BCUT2D eigenvalue weighted by molar-refractivity contribution is -0.0979. The van der Waals surface area contributed by atoms with Crippen LogP contribution in [0.25, 0.3) is 0 Å². The molecule has 0 N–H and O–H groups in total. The predicted octanol–water partition coefficient (Wildman–Crippen LogP) is 3.80. The van der Waals surface area contributed by atoms with Gasteiger partial charge in [0.05, 0.1) is 0 Å². The number of hydrogen-bond acceptors (Lipinski definition) is 1. The second-order valence-corrected chi connectivity index (χ2v) is 2.67. The molecule has 0 fully saturated rings. The molecule has 0 unspecified atom stereocenters. The zero-order valence-corrected chi connectivity index (χ0v) is 9.48. The zero-order valence-electron chi connectivity index (χ0n) is 8.73. The van der Waals surface area contributed by atoms with Gasteiger partial charge in [0.1, 0.15) is 6.79 Å². The van der Waals surface area contributed by atoms with E-state index in [-0.39, 0.29) is 0 Å². The van der Waals surface area contributed by atoms with E-state index in [2.05, 4.69) is 13.8 Å². The molecule has 0 saturated heterocycles. The maximum Gasteiger partial charge on any atom is 0.106 e. The van der Waals surface area contributed by atoms with Gasteiger partial charge in [0.25, 0.3) is 0 Å². The molecule has 0 aromatic heterocycles. The molecule has 74 valence electrons. The number of halogens is 1. The third-order valence-electron chi connectivity index (χ3n) is 1.47. The molecule has 0 bridgehead atoms. The monoisotopic (exact) mass is 200 g/mol. The highest BCUT2D eigenvalue weighted by atomic mass is 35.5. The van der Waals surface area contributed by atoms with Crippen molar-refractivity contribution in [3.63, 3.8) is 0 Å². The van der Waals surface area contributed by atoms with Crippen LogP contribution < -0.4 is 0 Å². The Morgan fingerprint density at radius 3 is 1.85 bits per heavy atom. The molecule has 0 saturated carbocycles. The highest BCUT2D eigenvalue weighted by Gasteiger charge is 1.90. The van der Waals surface area contributed by atoms with Gasteiger partial charge in [-0.2, -0.15) is 0 Å². The van der Waals surface area contributed by atoms with Gasteiger partial charge in [-0.25, -0.2) is 0 Å². The lowest BCUT2D eigenvalue weighted by Gasteiger charge is -1.97. The Morgan fingerprint density at radius 1 is 1.08 bits per heavy atom. The fourth-order valence-electron chi connectivity index (χ4n) is 0.705. The standard InChI is InChI=1S/C8H9Cl.C2H6.CH2O/c1-6-3-4-8(9)5-7(6)2;2*1-2/h3-5H,1-2H3;1-2H3;1H2. The van der Waals surface area contributed by atoms with Crippen LogP contribution >= 0.6 is 11.6 Å². The van der Waals surface area contributed by atoms with Crippen molar-refractivity contribution in [2.45, 2.75) is 27.7 Å². The summed E-state index contributed by atoms with van der Waals surface area (Å²) in [7, 11) is 0. The number of hydrogen-bond donors (Lipinski definition) is 0. The molecule has 0 aliphatic carbocycles. The number of benzene rings is 1. The van der Waals surface area contributed by atoms with Crippen LogP contribution in [-0.2, 0) is 4.79 Å². The van der Waals surface area contributed by atoms with Crippen LogP contribution in [0, 0.1) is 13.8 Å². The van der Waals surface area contributed by atoms with Gasteiger partial charge in [0, 0.05) is 5.02 Å². The van der Waals surface area contributed by atoms with Crippen molar-refractivity contribution in [1.82, 2.24) is 0 Å². The minimum atomic E-state index is 0.818. The Hall–Kier alpha value is -0.820. The van der Waals surface area contributed by atoms with Crippen LogP contribution in [0.5, 0.6) is 0 Å². The SMILES string of the molecule is C=O.CC.Cc1ccc(Cl)cc1C. The van der Waals surface area contributed by atoms with E-state index in [0.29, 0.717) is 0 Å². The first-order valence-electron chi connectivity index (χ1n) is 4.22. The van der Waals surface area contributed by atoms with E-state index in [0.717, 1.165) is 5.02 Å². The summed E-state index contributed by atoms with van der Waals surface area (Å²) in [6, 6.07) is 5.90. The summed E-state index contributed by atoms with van der Waals surface area (Å²) >= 11 is 5.72. The molecule has 1 rings (SSSR count). The Kier molecular flexibility index (Phi) is 10.5. The summed E-state index contributed by atoms with van der Waals surface area (Å²) in [5.41, 5.74) is 2.54. The number of aryl methyl sites for hydroxylation is 2. The smallest absolute Gasteiger partial charge is 0.106 e. The second-order valence-electron chi connectivity index (χ2n) is 2.23. The molecule has 0 aliphatic rings. The summed E-state index contributed by atoms with van der Waals surface area (Å²) < 4.78 is 0. The van der Waals surface area contributed by atoms with Gasteiger partial charge in [-0.15, -0.1) is 0 Å². The van der Waals surface area contributed by atoms with Gasteiger partial charge in [-0.05, 0) is 37.1 Å². The normalized spacial score (nSPS) is 7.46. The highest BCUT2D eigenvalue weighted by molar-refractivity contribution is 6.30. The van der Waals surface area contributed by atoms with Crippen molar-refractivity contribution < 1.29 is 4.79 Å². The van der Waals surface area contributed by atoms with E-state index in [1.54, 1.807) is 0 Å². The average molecular weight is 201 g/mol. The van der Waals surface area contributed by atoms with Crippen LogP contribution in [0.1, 0.15) is 25.0 Å². The molecule has 1 nitrogen and oxygen atoms in total. The third kappa shape index (κ3) is 6.35. The summed E-state index contributed by atoms with van der Waals surface area (Å²) in [6.07, 6.45) is 0. The molecule has 2 heteroatoms. The van der Waals surface area contributed by atoms with Crippen LogP contribution in [0.3, 0.4) is 0 Å². The number of carbonyl (C=O) groups is 1. The molecule has 1 aromatic rings. The molecular formula is C11H17ClO. The van der Waals surface area contributed by atoms with Crippen molar-refractivity contribution in [3.8, 4) is 0 Å². The minimum absolute atomic E-state index is 0.818.